The zero-order valence-corrected chi connectivity index (χ0v) is 33.8. The van der Waals surface area contributed by atoms with Crippen LogP contribution in [0.5, 0.6) is 5.75 Å². The first-order chi connectivity index (χ1) is 27.0. The first-order valence-corrected chi connectivity index (χ1v) is 20.9. The molecule has 4 rings (SSSR count). The minimum Gasteiger partial charge on any atom is -0.493 e. The van der Waals surface area contributed by atoms with Crippen LogP contribution < -0.4 is 9.64 Å². The van der Waals surface area contributed by atoms with Crippen LogP contribution in [0.25, 0.3) is 17.7 Å². The molecule has 1 N–H and O–H groups in total. The number of thiophene rings is 1. The molecule has 3 aromatic carbocycles. The number of aliphatic hydroxyl groups is 1. The van der Waals surface area contributed by atoms with Gasteiger partial charge in [0.15, 0.2) is 0 Å². The normalized spacial score (nSPS) is 10.9. The van der Waals surface area contributed by atoms with E-state index < -0.39 is 0 Å². The van der Waals surface area contributed by atoms with Crippen molar-refractivity contribution >= 4 is 46.1 Å². The Labute approximate surface area is 333 Å². The molecule has 0 amide bonds. The molecule has 0 radical (unpaired) electrons. The lowest BCUT2D eigenvalue weighted by Gasteiger charge is -2.27. The number of nitriles is 3. The number of allylic oxidation sites excluding steroid dienone is 2. The lowest BCUT2D eigenvalue weighted by Crippen LogP contribution is -2.11. The smallest absolute Gasteiger partial charge is 0.148 e. The summed E-state index contributed by atoms with van der Waals surface area (Å²) in [5.74, 6) is 0.757. The molecule has 0 spiro atoms. The standard InChI is InChI=1S/C48H56N4O2S/c1-4-7-10-12-17-40-32-45(55-48(40)46(36-51)41(34-49)35-50)29-23-39-22-28-44(33-47(39)54-31-14-11-13-30-53)52(42-24-18-37(19-25-42)15-8-5-2)43-26-20-38(21-27-43)16-9-6-3/h18-29,32-33,53H,4-17,30-31H2,1-3H3/b29-23+. The van der Waals surface area contributed by atoms with Crippen LogP contribution in [0.4, 0.5) is 17.1 Å². The van der Waals surface area contributed by atoms with Crippen molar-refractivity contribution in [2.24, 2.45) is 0 Å². The zero-order chi connectivity index (χ0) is 39.3. The number of hydrogen-bond donors (Lipinski definition) is 1. The van der Waals surface area contributed by atoms with Crippen molar-refractivity contribution in [2.75, 3.05) is 18.1 Å². The maximum absolute atomic E-state index is 10.0. The summed E-state index contributed by atoms with van der Waals surface area (Å²) in [6, 6.07) is 32.2. The molecule has 1 aromatic heterocycles. The third-order valence-corrected chi connectivity index (χ3v) is 10.9. The van der Waals surface area contributed by atoms with Gasteiger partial charge < -0.3 is 14.7 Å². The maximum Gasteiger partial charge on any atom is 0.148 e. The van der Waals surface area contributed by atoms with Gasteiger partial charge in [0.05, 0.1) is 17.1 Å². The second-order valence-corrected chi connectivity index (χ2v) is 15.0. The van der Waals surface area contributed by atoms with Crippen LogP contribution in [0.3, 0.4) is 0 Å². The highest BCUT2D eigenvalue weighted by Gasteiger charge is 2.18. The number of nitrogens with zero attached hydrogens (tertiary/aromatic N) is 4. The van der Waals surface area contributed by atoms with Gasteiger partial charge >= 0.3 is 0 Å². The predicted molar refractivity (Wildman–Crippen MR) is 230 cm³/mol. The Morgan fingerprint density at radius 3 is 1.82 bits per heavy atom. The number of rotatable bonds is 23. The molecule has 7 heteroatoms. The van der Waals surface area contributed by atoms with Gasteiger partial charge in [0.2, 0.25) is 0 Å². The third kappa shape index (κ3) is 12.7. The van der Waals surface area contributed by atoms with Crippen molar-refractivity contribution < 1.29 is 9.84 Å². The Morgan fingerprint density at radius 2 is 1.25 bits per heavy atom. The van der Waals surface area contributed by atoms with Gasteiger partial charge in [0, 0.05) is 40.2 Å². The van der Waals surface area contributed by atoms with Crippen molar-refractivity contribution in [2.45, 2.75) is 111 Å². The second-order valence-electron chi connectivity index (χ2n) is 14.0. The summed E-state index contributed by atoms with van der Waals surface area (Å²) in [5.41, 5.74) is 7.71. The minimum atomic E-state index is -0.155. The summed E-state index contributed by atoms with van der Waals surface area (Å²) < 4.78 is 6.50. The van der Waals surface area contributed by atoms with Crippen molar-refractivity contribution in [3.05, 3.63) is 110 Å². The van der Waals surface area contributed by atoms with Crippen molar-refractivity contribution in [3.63, 3.8) is 0 Å². The Hall–Kier alpha value is -5.13. The first-order valence-electron chi connectivity index (χ1n) is 20.1. The molecule has 4 aromatic rings. The van der Waals surface area contributed by atoms with Gasteiger partial charge in [-0.15, -0.1) is 11.3 Å². The van der Waals surface area contributed by atoms with E-state index in [9.17, 15) is 20.9 Å². The number of aryl methyl sites for hydroxylation is 3. The molecule has 55 heavy (non-hydrogen) atoms. The van der Waals surface area contributed by atoms with E-state index in [0.29, 0.717) is 11.5 Å². The van der Waals surface area contributed by atoms with Gasteiger partial charge in [0.1, 0.15) is 29.5 Å². The Morgan fingerprint density at radius 1 is 0.655 bits per heavy atom. The quantitative estimate of drug-likeness (QED) is 0.0597. The number of aliphatic hydroxyl groups excluding tert-OH is 1. The SMILES string of the molecule is CCCCCCc1cc(/C=C/c2ccc(N(c3ccc(CCCC)cc3)c3ccc(CCCC)cc3)cc2OCCCCCO)sc1C(C#N)=C(C#N)C#N. The fraction of sp³-hybridized carbons (Fsp3) is 0.396. The van der Waals surface area contributed by atoms with Gasteiger partial charge in [-0.25, -0.2) is 0 Å². The van der Waals surface area contributed by atoms with Crippen LogP contribution in [-0.4, -0.2) is 18.3 Å². The van der Waals surface area contributed by atoms with Gasteiger partial charge in [-0.3, -0.25) is 0 Å². The number of anilines is 3. The fourth-order valence-corrected chi connectivity index (χ4v) is 7.65. The minimum absolute atomic E-state index is 0.147. The van der Waals surface area contributed by atoms with Crippen LogP contribution in [0.1, 0.15) is 123 Å². The van der Waals surface area contributed by atoms with Crippen LogP contribution >= 0.6 is 11.3 Å². The van der Waals surface area contributed by atoms with Crippen molar-refractivity contribution in [1.82, 2.24) is 0 Å². The largest absolute Gasteiger partial charge is 0.493 e. The van der Waals surface area contributed by atoms with E-state index >= 15 is 0 Å². The monoisotopic (exact) mass is 752 g/mol. The highest BCUT2D eigenvalue weighted by Crippen LogP contribution is 2.39. The van der Waals surface area contributed by atoms with E-state index in [0.717, 1.165) is 116 Å². The van der Waals surface area contributed by atoms with Crippen molar-refractivity contribution in [1.29, 1.82) is 15.8 Å². The van der Waals surface area contributed by atoms with Gasteiger partial charge in [-0.1, -0.05) is 77.1 Å². The summed E-state index contributed by atoms with van der Waals surface area (Å²) >= 11 is 1.44. The van der Waals surface area contributed by atoms with E-state index in [4.69, 9.17) is 4.74 Å². The molecule has 0 aliphatic heterocycles. The molecule has 0 bridgehead atoms. The van der Waals surface area contributed by atoms with E-state index in [2.05, 4.69) is 105 Å². The number of ether oxygens (including phenoxy) is 1. The Bertz CT molecular complexity index is 1900. The molecule has 0 fully saturated rings. The molecule has 286 valence electrons. The Kier molecular flexibility index (Phi) is 18.3. The third-order valence-electron chi connectivity index (χ3n) is 9.71. The zero-order valence-electron chi connectivity index (χ0n) is 32.9. The average molecular weight is 753 g/mol. The summed E-state index contributed by atoms with van der Waals surface area (Å²) in [7, 11) is 0. The lowest BCUT2D eigenvalue weighted by molar-refractivity contribution is 0.266. The predicted octanol–water partition coefficient (Wildman–Crippen LogP) is 13.1. The number of benzene rings is 3. The molecule has 6 nitrogen and oxygen atoms in total. The maximum atomic E-state index is 10.0. The summed E-state index contributed by atoms with van der Waals surface area (Å²) in [6.45, 7) is 7.31. The second kappa shape index (κ2) is 23.6. The molecular formula is C48H56N4O2S. The van der Waals surface area contributed by atoms with Crippen LogP contribution in [-0.2, 0) is 19.3 Å². The van der Waals surface area contributed by atoms with Gasteiger partial charge in [-0.05, 0) is 129 Å². The molecule has 0 aliphatic carbocycles. The van der Waals surface area contributed by atoms with Crippen molar-refractivity contribution in [3.8, 4) is 24.0 Å². The van der Waals surface area contributed by atoms with E-state index in [1.807, 2.05) is 24.3 Å². The molecule has 0 aliphatic rings. The van der Waals surface area contributed by atoms with Gasteiger partial charge in [0.25, 0.3) is 0 Å². The molecule has 0 unspecified atom stereocenters. The molecule has 0 saturated carbocycles. The summed E-state index contributed by atoms with van der Waals surface area (Å²) in [4.78, 5) is 3.92. The summed E-state index contributed by atoms with van der Waals surface area (Å²) in [5, 5.41) is 38.6. The van der Waals surface area contributed by atoms with E-state index in [1.165, 1.54) is 35.3 Å². The molecule has 1 heterocycles. The van der Waals surface area contributed by atoms with Crippen LogP contribution in [0.2, 0.25) is 0 Å². The Balaban J connectivity index is 1.76. The average Bonchev–Trinajstić information content (AvgIpc) is 3.62. The fourth-order valence-electron chi connectivity index (χ4n) is 6.53. The topological polar surface area (TPSA) is 104 Å². The van der Waals surface area contributed by atoms with Gasteiger partial charge in [-0.2, -0.15) is 15.8 Å². The highest BCUT2D eigenvalue weighted by atomic mass is 32.1. The van der Waals surface area contributed by atoms with Crippen LogP contribution in [0.15, 0.2) is 78.4 Å². The first kappa shape index (κ1) is 42.6. The van der Waals surface area contributed by atoms with E-state index in [-0.39, 0.29) is 17.8 Å². The number of hydrogen-bond acceptors (Lipinski definition) is 7. The van der Waals surface area contributed by atoms with Crippen LogP contribution in [0, 0.1) is 34.0 Å². The molecule has 0 atom stereocenters. The number of unbranched alkanes of at least 4 members (excludes halogenated alkanes) is 7. The molecule has 0 saturated heterocycles. The molecular weight excluding hydrogens is 697 g/mol. The lowest BCUT2D eigenvalue weighted by atomic mass is 10.0. The highest BCUT2D eigenvalue weighted by molar-refractivity contribution is 7.14. The summed E-state index contributed by atoms with van der Waals surface area (Å²) in [6.07, 6.45) is 18.4. The van der Waals surface area contributed by atoms with E-state index in [1.54, 1.807) is 0 Å².